The lowest BCUT2D eigenvalue weighted by molar-refractivity contribution is -0.144. The van der Waals surface area contributed by atoms with E-state index in [1.54, 1.807) is 12.3 Å². The van der Waals surface area contributed by atoms with E-state index in [0.29, 0.717) is 16.9 Å². The zero-order chi connectivity index (χ0) is 30.9. The zero-order valence-corrected chi connectivity index (χ0v) is 23.2. The number of primary amides is 1. The fourth-order valence-electron chi connectivity index (χ4n) is 5.79. The predicted molar refractivity (Wildman–Crippen MR) is 140 cm³/mol. The summed E-state index contributed by atoms with van der Waals surface area (Å²) in [6, 6.07) is 1.12. The Kier molecular flexibility index (Phi) is 8.65. The summed E-state index contributed by atoms with van der Waals surface area (Å²) in [4.78, 5) is 29.5. The molecule has 2 atom stereocenters. The quantitative estimate of drug-likeness (QED) is 0.286. The summed E-state index contributed by atoms with van der Waals surface area (Å²) in [6.45, 7) is -0.607. The number of fused-ring (bicyclic) bond motifs is 1. The number of imidazole rings is 1. The van der Waals surface area contributed by atoms with E-state index >= 15 is 0 Å². The SMILES string of the molecule is NC(=O)c1c([C@H](c2cn3ncc([C@H](NC(=O)CCC(F)(F)F)C4CC4)cc3n2)C2CCC(F)(F)CC2)nnn1CCCF. The van der Waals surface area contributed by atoms with Gasteiger partial charge in [0.2, 0.25) is 11.8 Å². The Morgan fingerprint density at radius 2 is 1.86 bits per heavy atom. The highest BCUT2D eigenvalue weighted by Gasteiger charge is 2.42. The van der Waals surface area contributed by atoms with E-state index in [2.05, 4.69) is 20.7 Å². The van der Waals surface area contributed by atoms with Crippen LogP contribution in [0.3, 0.4) is 0 Å². The molecule has 5 rings (SSSR count). The number of alkyl halides is 6. The summed E-state index contributed by atoms with van der Waals surface area (Å²) in [5.74, 6) is -5.47. The average Bonchev–Trinajstić information content (AvgIpc) is 3.56. The number of carbonyl (C=O) groups excluding carboxylic acids is 2. The first kappa shape index (κ1) is 30.7. The second kappa shape index (κ2) is 12.1. The molecule has 10 nitrogen and oxygen atoms in total. The Labute approximate surface area is 242 Å². The van der Waals surface area contributed by atoms with Crippen molar-refractivity contribution >= 4 is 17.5 Å². The number of halogens is 6. The fourth-order valence-corrected chi connectivity index (χ4v) is 5.79. The van der Waals surface area contributed by atoms with Crippen molar-refractivity contribution in [1.82, 2.24) is 34.9 Å². The Hall–Kier alpha value is -3.72. The smallest absolute Gasteiger partial charge is 0.364 e. The lowest BCUT2D eigenvalue weighted by atomic mass is 9.75. The minimum atomic E-state index is -4.45. The van der Waals surface area contributed by atoms with E-state index in [-0.39, 0.29) is 61.9 Å². The van der Waals surface area contributed by atoms with Crippen LogP contribution in [0.2, 0.25) is 0 Å². The normalized spacial score (nSPS) is 18.9. The molecule has 2 aliphatic rings. The number of aromatic nitrogens is 6. The van der Waals surface area contributed by atoms with Crippen molar-refractivity contribution in [3.63, 3.8) is 0 Å². The van der Waals surface area contributed by atoms with Gasteiger partial charge in [-0.05, 0) is 55.6 Å². The number of hydrogen-bond donors (Lipinski definition) is 2. The van der Waals surface area contributed by atoms with Gasteiger partial charge in [-0.3, -0.25) is 14.0 Å². The van der Waals surface area contributed by atoms with Crippen LogP contribution in [0.4, 0.5) is 26.3 Å². The zero-order valence-electron chi connectivity index (χ0n) is 23.2. The first-order chi connectivity index (χ1) is 20.3. The molecule has 43 heavy (non-hydrogen) atoms. The molecule has 234 valence electrons. The topological polar surface area (TPSA) is 133 Å². The van der Waals surface area contributed by atoms with Gasteiger partial charge in [0.15, 0.2) is 5.65 Å². The third-order valence-corrected chi connectivity index (χ3v) is 8.11. The maximum absolute atomic E-state index is 14.1. The van der Waals surface area contributed by atoms with Gasteiger partial charge in [0.1, 0.15) is 11.4 Å². The van der Waals surface area contributed by atoms with Gasteiger partial charge in [-0.25, -0.2) is 23.0 Å². The molecule has 0 radical (unpaired) electrons. The van der Waals surface area contributed by atoms with Crippen molar-refractivity contribution in [3.05, 3.63) is 41.1 Å². The first-order valence-corrected chi connectivity index (χ1v) is 14.2. The highest BCUT2D eigenvalue weighted by atomic mass is 19.4. The molecule has 2 aliphatic carbocycles. The first-order valence-electron chi connectivity index (χ1n) is 14.2. The van der Waals surface area contributed by atoms with Crippen LogP contribution in [0.25, 0.3) is 5.65 Å². The monoisotopic (exact) mass is 614 g/mol. The molecule has 2 amide bonds. The number of carbonyl (C=O) groups is 2. The van der Waals surface area contributed by atoms with Crippen LogP contribution >= 0.6 is 0 Å². The molecule has 0 saturated heterocycles. The highest BCUT2D eigenvalue weighted by Crippen LogP contribution is 2.45. The van der Waals surface area contributed by atoms with E-state index in [9.17, 15) is 35.9 Å². The van der Waals surface area contributed by atoms with Crippen molar-refractivity contribution in [1.29, 1.82) is 0 Å². The minimum absolute atomic E-state index is 0.0441. The van der Waals surface area contributed by atoms with Crippen molar-refractivity contribution in [2.75, 3.05) is 6.67 Å². The molecule has 0 unspecified atom stereocenters. The van der Waals surface area contributed by atoms with Gasteiger partial charge in [-0.1, -0.05) is 5.21 Å². The van der Waals surface area contributed by atoms with Crippen LogP contribution < -0.4 is 11.1 Å². The summed E-state index contributed by atoms with van der Waals surface area (Å²) in [5, 5.41) is 15.3. The van der Waals surface area contributed by atoms with E-state index in [1.165, 1.54) is 15.4 Å². The summed E-state index contributed by atoms with van der Waals surface area (Å²) >= 11 is 0. The van der Waals surface area contributed by atoms with Crippen molar-refractivity contribution in [2.45, 2.75) is 88.4 Å². The molecule has 2 fully saturated rings. The van der Waals surface area contributed by atoms with Crippen LogP contribution in [-0.2, 0) is 11.3 Å². The molecular weight excluding hydrogens is 582 g/mol. The molecule has 3 aromatic heterocycles. The van der Waals surface area contributed by atoms with Gasteiger partial charge >= 0.3 is 6.18 Å². The standard InChI is InChI=1S/C27H32F6N8O2/c28-10-1-11-40-24(25(34)43)23(38-39-40)21(15-4-7-26(29,30)8-5-15)18-14-41-19(36-18)12-17(13-35-41)22(16-2-3-16)37-20(42)6-9-27(31,32)33/h12-16,21-22H,1-11H2,(H2,34,43)(H,37,42)/t21-,22+/m0/s1. The number of nitrogens with zero attached hydrogens (tertiary/aromatic N) is 6. The molecule has 3 N–H and O–H groups in total. The lowest BCUT2D eigenvalue weighted by Gasteiger charge is -2.32. The van der Waals surface area contributed by atoms with Crippen LogP contribution in [0.15, 0.2) is 18.5 Å². The average molecular weight is 615 g/mol. The van der Waals surface area contributed by atoms with Crippen LogP contribution in [-0.4, -0.2) is 60.2 Å². The van der Waals surface area contributed by atoms with E-state index < -0.39 is 55.4 Å². The number of aryl methyl sites for hydroxylation is 1. The van der Waals surface area contributed by atoms with Crippen molar-refractivity contribution < 1.29 is 35.9 Å². The van der Waals surface area contributed by atoms with Gasteiger partial charge in [0, 0.05) is 25.8 Å². The fraction of sp³-hybridized carbons (Fsp3) is 0.630. The molecule has 2 saturated carbocycles. The van der Waals surface area contributed by atoms with Crippen LogP contribution in [0, 0.1) is 11.8 Å². The summed E-state index contributed by atoms with van der Waals surface area (Å²) in [7, 11) is 0. The van der Waals surface area contributed by atoms with E-state index in [0.717, 1.165) is 12.8 Å². The Morgan fingerprint density at radius 1 is 1.14 bits per heavy atom. The number of nitrogens with two attached hydrogens (primary N) is 1. The Morgan fingerprint density at radius 3 is 2.49 bits per heavy atom. The molecule has 3 heterocycles. The molecular formula is C27H32F6N8O2. The maximum atomic E-state index is 14.1. The second-order valence-corrected chi connectivity index (χ2v) is 11.4. The largest absolute Gasteiger partial charge is 0.389 e. The third-order valence-electron chi connectivity index (χ3n) is 8.11. The molecule has 3 aromatic rings. The second-order valence-electron chi connectivity index (χ2n) is 11.4. The molecule has 0 bridgehead atoms. The highest BCUT2D eigenvalue weighted by molar-refractivity contribution is 5.92. The van der Waals surface area contributed by atoms with Crippen LogP contribution in [0.5, 0.6) is 0 Å². The van der Waals surface area contributed by atoms with Gasteiger partial charge in [0.25, 0.3) is 5.91 Å². The number of rotatable bonds is 12. The minimum Gasteiger partial charge on any atom is -0.364 e. The Bertz CT molecular complexity index is 1460. The Balaban J connectivity index is 1.48. The van der Waals surface area contributed by atoms with E-state index in [1.807, 2.05) is 0 Å². The van der Waals surface area contributed by atoms with Gasteiger partial charge < -0.3 is 11.1 Å². The predicted octanol–water partition coefficient (Wildman–Crippen LogP) is 4.65. The molecule has 0 aliphatic heterocycles. The summed E-state index contributed by atoms with van der Waals surface area (Å²) < 4.78 is 81.6. The third kappa shape index (κ3) is 7.26. The van der Waals surface area contributed by atoms with Crippen LogP contribution in [0.1, 0.15) is 97.2 Å². The molecule has 16 heteroatoms. The number of nitrogens with one attached hydrogen (secondary N) is 1. The number of amides is 2. The van der Waals surface area contributed by atoms with Crippen molar-refractivity contribution in [2.24, 2.45) is 17.6 Å². The lowest BCUT2D eigenvalue weighted by Crippen LogP contribution is -2.30. The van der Waals surface area contributed by atoms with Gasteiger partial charge in [-0.2, -0.15) is 18.3 Å². The van der Waals surface area contributed by atoms with E-state index in [4.69, 9.17) is 10.7 Å². The molecule has 0 aromatic carbocycles. The maximum Gasteiger partial charge on any atom is 0.389 e. The van der Waals surface area contributed by atoms with Crippen molar-refractivity contribution in [3.8, 4) is 0 Å². The number of hydrogen-bond acceptors (Lipinski definition) is 6. The van der Waals surface area contributed by atoms with Gasteiger partial charge in [-0.15, -0.1) is 5.10 Å². The van der Waals surface area contributed by atoms with Gasteiger partial charge in [0.05, 0.1) is 43.1 Å². The summed E-state index contributed by atoms with van der Waals surface area (Å²) in [6.07, 6.45) is -2.10. The molecule has 0 spiro atoms. The summed E-state index contributed by atoms with van der Waals surface area (Å²) in [5.41, 5.74) is 7.10.